The Labute approximate surface area is 192 Å². The van der Waals surface area contributed by atoms with Crippen LogP contribution >= 0.6 is 24.0 Å². The highest BCUT2D eigenvalue weighted by atomic mass is 127. The fraction of sp³-hybridized carbons (Fsp3) is 0.667. The van der Waals surface area contributed by atoms with Crippen molar-refractivity contribution in [2.75, 3.05) is 72.6 Å². The standard InChI is InChI=1S/C21H36N6O.HI/c1-25-9-11-27(12-10-25)18-20-5-3-19(4-6-20)17-24-21(22)23-7-2-8-26-13-15-28-16-14-26;/h3-6H,2,7-18H2,1H3,(H3,22,23,24);1H. The van der Waals surface area contributed by atoms with E-state index in [0.29, 0.717) is 12.5 Å². The molecule has 29 heavy (non-hydrogen) atoms. The molecular formula is C21H37IN6O. The lowest BCUT2D eigenvalue weighted by atomic mass is 10.1. The molecule has 2 aliphatic rings. The molecule has 0 bridgehead atoms. The summed E-state index contributed by atoms with van der Waals surface area (Å²) in [6.07, 6.45) is 1.07. The lowest BCUT2D eigenvalue weighted by molar-refractivity contribution is 0.0376. The maximum Gasteiger partial charge on any atom is 0.188 e. The van der Waals surface area contributed by atoms with Crippen molar-refractivity contribution in [3.05, 3.63) is 35.4 Å². The van der Waals surface area contributed by atoms with Crippen molar-refractivity contribution in [1.82, 2.24) is 20.0 Å². The van der Waals surface area contributed by atoms with E-state index in [1.165, 1.54) is 11.1 Å². The van der Waals surface area contributed by atoms with Crippen LogP contribution in [0.15, 0.2) is 29.3 Å². The van der Waals surface area contributed by atoms with Crippen molar-refractivity contribution in [2.24, 2.45) is 10.7 Å². The Morgan fingerprint density at radius 2 is 1.66 bits per heavy atom. The minimum Gasteiger partial charge on any atom is -0.379 e. The molecule has 0 aromatic heterocycles. The van der Waals surface area contributed by atoms with E-state index in [1.807, 2.05) is 0 Å². The molecule has 2 saturated heterocycles. The highest BCUT2D eigenvalue weighted by Gasteiger charge is 2.13. The first-order valence-electron chi connectivity index (χ1n) is 10.5. The van der Waals surface area contributed by atoms with E-state index in [-0.39, 0.29) is 24.0 Å². The molecule has 1 aromatic carbocycles. The Balaban J connectivity index is 0.00000300. The molecule has 1 aromatic rings. The van der Waals surface area contributed by atoms with E-state index in [1.54, 1.807) is 0 Å². The van der Waals surface area contributed by atoms with E-state index in [4.69, 9.17) is 10.5 Å². The van der Waals surface area contributed by atoms with Gasteiger partial charge in [0.2, 0.25) is 0 Å². The Bertz CT molecular complexity index is 598. The van der Waals surface area contributed by atoms with E-state index in [0.717, 1.165) is 78.5 Å². The molecule has 3 rings (SSSR count). The number of halogens is 1. The molecule has 0 atom stereocenters. The highest BCUT2D eigenvalue weighted by molar-refractivity contribution is 14.0. The summed E-state index contributed by atoms with van der Waals surface area (Å²) < 4.78 is 5.37. The molecule has 7 nitrogen and oxygen atoms in total. The van der Waals surface area contributed by atoms with E-state index >= 15 is 0 Å². The lowest BCUT2D eigenvalue weighted by Crippen LogP contribution is -2.43. The number of piperazine rings is 1. The molecule has 0 aliphatic carbocycles. The summed E-state index contributed by atoms with van der Waals surface area (Å²) in [6.45, 7) is 12.0. The maximum atomic E-state index is 6.00. The second-order valence-corrected chi connectivity index (χ2v) is 7.83. The van der Waals surface area contributed by atoms with Gasteiger partial charge in [-0.15, -0.1) is 24.0 Å². The van der Waals surface area contributed by atoms with Crippen molar-refractivity contribution < 1.29 is 4.74 Å². The largest absolute Gasteiger partial charge is 0.379 e. The summed E-state index contributed by atoms with van der Waals surface area (Å²) >= 11 is 0. The molecular weight excluding hydrogens is 479 g/mol. The monoisotopic (exact) mass is 516 g/mol. The zero-order chi connectivity index (χ0) is 19.6. The van der Waals surface area contributed by atoms with Gasteiger partial charge in [0.05, 0.1) is 19.8 Å². The molecule has 2 heterocycles. The number of hydrogen-bond donors (Lipinski definition) is 2. The Hall–Kier alpha value is -0.940. The Morgan fingerprint density at radius 1 is 1.00 bits per heavy atom. The second kappa shape index (κ2) is 13.4. The van der Waals surface area contributed by atoms with Crippen LogP contribution in [0.1, 0.15) is 17.5 Å². The van der Waals surface area contributed by atoms with Crippen molar-refractivity contribution in [2.45, 2.75) is 19.5 Å². The molecule has 0 spiro atoms. The summed E-state index contributed by atoms with van der Waals surface area (Å²) in [5.41, 5.74) is 8.56. The first-order chi connectivity index (χ1) is 13.7. The third kappa shape index (κ3) is 9.17. The van der Waals surface area contributed by atoms with Crippen LogP contribution in [-0.2, 0) is 17.8 Å². The van der Waals surface area contributed by atoms with Crippen LogP contribution in [0.4, 0.5) is 0 Å². The quantitative estimate of drug-likeness (QED) is 0.234. The third-order valence-corrected chi connectivity index (χ3v) is 5.52. The van der Waals surface area contributed by atoms with Crippen LogP contribution in [0.3, 0.4) is 0 Å². The van der Waals surface area contributed by atoms with Gasteiger partial charge in [0.25, 0.3) is 0 Å². The summed E-state index contributed by atoms with van der Waals surface area (Å²) in [6, 6.07) is 8.77. The van der Waals surface area contributed by atoms with Crippen LogP contribution in [-0.4, -0.2) is 93.3 Å². The SMILES string of the molecule is CN1CCN(Cc2ccc(CN=C(N)NCCCN3CCOCC3)cc2)CC1.I. The topological polar surface area (TPSA) is 69.4 Å². The van der Waals surface area contributed by atoms with Crippen molar-refractivity contribution in [1.29, 1.82) is 0 Å². The van der Waals surface area contributed by atoms with Gasteiger partial charge in [0.15, 0.2) is 5.96 Å². The first kappa shape index (κ1) is 24.3. The van der Waals surface area contributed by atoms with E-state index < -0.39 is 0 Å². The van der Waals surface area contributed by atoms with Crippen LogP contribution in [0.2, 0.25) is 0 Å². The lowest BCUT2D eigenvalue weighted by Gasteiger charge is -2.32. The summed E-state index contributed by atoms with van der Waals surface area (Å²) in [5.74, 6) is 0.531. The second-order valence-electron chi connectivity index (χ2n) is 7.83. The number of benzene rings is 1. The molecule has 2 fully saturated rings. The smallest absolute Gasteiger partial charge is 0.188 e. The molecule has 0 amide bonds. The zero-order valence-electron chi connectivity index (χ0n) is 17.7. The maximum absolute atomic E-state index is 6.00. The van der Waals surface area contributed by atoms with Crippen molar-refractivity contribution in [3.63, 3.8) is 0 Å². The minimum absolute atomic E-state index is 0. The molecule has 8 heteroatoms. The van der Waals surface area contributed by atoms with Crippen molar-refractivity contribution in [3.8, 4) is 0 Å². The van der Waals surface area contributed by atoms with Gasteiger partial charge >= 0.3 is 0 Å². The fourth-order valence-corrected chi connectivity index (χ4v) is 3.59. The molecule has 2 aliphatic heterocycles. The Kier molecular flexibility index (Phi) is 11.2. The summed E-state index contributed by atoms with van der Waals surface area (Å²) in [5, 5.41) is 3.22. The fourth-order valence-electron chi connectivity index (χ4n) is 3.59. The van der Waals surface area contributed by atoms with Gasteiger partial charge in [0.1, 0.15) is 0 Å². The number of nitrogens with two attached hydrogens (primary N) is 1. The van der Waals surface area contributed by atoms with Crippen molar-refractivity contribution >= 4 is 29.9 Å². The van der Waals surface area contributed by atoms with Gasteiger partial charge in [-0.3, -0.25) is 9.80 Å². The third-order valence-electron chi connectivity index (χ3n) is 5.52. The number of hydrogen-bond acceptors (Lipinski definition) is 5. The number of aliphatic imine (C=N–C) groups is 1. The molecule has 0 unspecified atom stereocenters. The van der Waals surface area contributed by atoms with Crippen LogP contribution < -0.4 is 11.1 Å². The van der Waals surface area contributed by atoms with E-state index in [9.17, 15) is 0 Å². The average Bonchev–Trinajstić information content (AvgIpc) is 2.73. The number of rotatable bonds is 8. The minimum atomic E-state index is 0. The number of ether oxygens (including phenoxy) is 1. The first-order valence-corrected chi connectivity index (χ1v) is 10.5. The zero-order valence-corrected chi connectivity index (χ0v) is 20.0. The van der Waals surface area contributed by atoms with Gasteiger partial charge in [0, 0.05) is 52.4 Å². The summed E-state index contributed by atoms with van der Waals surface area (Å²) in [7, 11) is 2.19. The van der Waals surface area contributed by atoms with E-state index in [2.05, 4.69) is 56.3 Å². The predicted octanol–water partition coefficient (Wildman–Crippen LogP) is 1.18. The molecule has 0 radical (unpaired) electrons. The number of nitrogens with zero attached hydrogens (tertiary/aromatic N) is 4. The molecule has 0 saturated carbocycles. The van der Waals surface area contributed by atoms with Crippen LogP contribution in [0.25, 0.3) is 0 Å². The van der Waals surface area contributed by atoms with Crippen LogP contribution in [0, 0.1) is 0 Å². The molecule has 164 valence electrons. The average molecular weight is 516 g/mol. The summed E-state index contributed by atoms with van der Waals surface area (Å²) in [4.78, 5) is 11.8. The van der Waals surface area contributed by atoms with Crippen LogP contribution in [0.5, 0.6) is 0 Å². The number of nitrogens with one attached hydrogen (secondary N) is 1. The van der Waals surface area contributed by atoms with Gasteiger partial charge in [-0.1, -0.05) is 24.3 Å². The predicted molar refractivity (Wildman–Crippen MR) is 130 cm³/mol. The highest BCUT2D eigenvalue weighted by Crippen LogP contribution is 2.10. The Morgan fingerprint density at radius 3 is 2.34 bits per heavy atom. The van der Waals surface area contributed by atoms with Gasteiger partial charge in [-0.05, 0) is 31.1 Å². The van der Waals surface area contributed by atoms with Gasteiger partial charge in [-0.25, -0.2) is 4.99 Å². The number of morpholine rings is 1. The number of likely N-dealkylation sites (N-methyl/N-ethyl adjacent to an activating group) is 1. The van der Waals surface area contributed by atoms with Gasteiger partial charge in [-0.2, -0.15) is 0 Å². The normalized spacial score (nSPS) is 19.7. The van der Waals surface area contributed by atoms with Gasteiger partial charge < -0.3 is 20.7 Å². The number of guanidine groups is 1. The molecule has 3 N–H and O–H groups in total.